The molecule has 0 aliphatic rings. The molecule has 0 saturated carbocycles. The smallest absolute Gasteiger partial charge is 0.243 e. The number of hydrogen-bond acceptors (Lipinski definition) is 4. The summed E-state index contributed by atoms with van der Waals surface area (Å²) in [5.74, 6) is -0.365. The number of carbonyl (C=O) groups excluding carboxylic acids is 2. The first-order valence-electron chi connectivity index (χ1n) is 14.4. The summed E-state index contributed by atoms with van der Waals surface area (Å²) in [6.07, 6.45) is 4.67. The van der Waals surface area contributed by atoms with Gasteiger partial charge >= 0.3 is 0 Å². The molecule has 3 rings (SSSR count). The lowest BCUT2D eigenvalue weighted by Crippen LogP contribution is -2.50. The lowest BCUT2D eigenvalue weighted by atomic mass is 10.0. The molecule has 220 valence electrons. The van der Waals surface area contributed by atoms with Crippen molar-refractivity contribution >= 4 is 27.5 Å². The summed E-state index contributed by atoms with van der Waals surface area (Å²) >= 11 is 0. The lowest BCUT2D eigenvalue weighted by molar-refractivity contribution is -0.141. The molecule has 1 N–H and O–H groups in total. The van der Waals surface area contributed by atoms with Crippen LogP contribution < -0.4 is 9.62 Å². The number of rotatable bonds is 16. The van der Waals surface area contributed by atoms with Crippen LogP contribution in [0.15, 0.2) is 84.9 Å². The van der Waals surface area contributed by atoms with Crippen LogP contribution in [0.4, 0.5) is 5.69 Å². The van der Waals surface area contributed by atoms with Gasteiger partial charge in [-0.25, -0.2) is 8.42 Å². The van der Waals surface area contributed by atoms with Crippen molar-refractivity contribution in [2.24, 2.45) is 0 Å². The van der Waals surface area contributed by atoms with Crippen molar-refractivity contribution in [3.8, 4) is 0 Å². The van der Waals surface area contributed by atoms with Gasteiger partial charge < -0.3 is 10.2 Å². The zero-order chi connectivity index (χ0) is 29.7. The number of carbonyl (C=O) groups is 2. The first-order valence-corrected chi connectivity index (χ1v) is 16.3. The van der Waals surface area contributed by atoms with Crippen molar-refractivity contribution in [2.75, 3.05) is 23.7 Å². The van der Waals surface area contributed by atoms with Gasteiger partial charge in [0.15, 0.2) is 0 Å². The fourth-order valence-electron chi connectivity index (χ4n) is 4.74. The number of aryl methyl sites for hydroxylation is 1. The largest absolute Gasteiger partial charge is 0.354 e. The van der Waals surface area contributed by atoms with E-state index in [0.29, 0.717) is 25.1 Å². The lowest BCUT2D eigenvalue weighted by Gasteiger charge is -2.32. The number of anilines is 1. The van der Waals surface area contributed by atoms with Crippen LogP contribution in [0.25, 0.3) is 0 Å². The van der Waals surface area contributed by atoms with Gasteiger partial charge in [-0.05, 0) is 48.1 Å². The minimum absolute atomic E-state index is 0.111. The summed E-state index contributed by atoms with van der Waals surface area (Å²) < 4.78 is 26.6. The molecule has 8 heteroatoms. The number of unbranched alkanes of at least 4 members (excludes halogenated alkanes) is 1. The van der Waals surface area contributed by atoms with Crippen molar-refractivity contribution < 1.29 is 18.0 Å². The zero-order valence-electron chi connectivity index (χ0n) is 24.5. The van der Waals surface area contributed by atoms with Crippen LogP contribution in [-0.2, 0) is 39.0 Å². The van der Waals surface area contributed by atoms with Crippen molar-refractivity contribution in [1.29, 1.82) is 0 Å². The first kappa shape index (κ1) is 31.9. The second-order valence-electron chi connectivity index (χ2n) is 10.3. The molecule has 0 bridgehead atoms. The summed E-state index contributed by atoms with van der Waals surface area (Å²) in [4.78, 5) is 29.0. The van der Waals surface area contributed by atoms with Gasteiger partial charge in [0.25, 0.3) is 0 Å². The Morgan fingerprint density at radius 3 is 1.98 bits per heavy atom. The minimum Gasteiger partial charge on any atom is -0.354 e. The molecule has 0 heterocycles. The van der Waals surface area contributed by atoms with Gasteiger partial charge in [0.05, 0.1) is 11.9 Å². The van der Waals surface area contributed by atoms with Crippen LogP contribution in [-0.4, -0.2) is 50.5 Å². The van der Waals surface area contributed by atoms with Crippen LogP contribution >= 0.6 is 0 Å². The van der Waals surface area contributed by atoms with Crippen molar-refractivity contribution in [1.82, 2.24) is 10.2 Å². The molecule has 0 fully saturated rings. The molecule has 0 aliphatic heterocycles. The third kappa shape index (κ3) is 10.0. The second-order valence-corrected chi connectivity index (χ2v) is 12.2. The molecular formula is C33H43N3O4S. The Kier molecular flexibility index (Phi) is 12.4. The van der Waals surface area contributed by atoms with Gasteiger partial charge in [0.1, 0.15) is 6.04 Å². The van der Waals surface area contributed by atoms with E-state index in [0.717, 1.165) is 36.0 Å². The zero-order valence-corrected chi connectivity index (χ0v) is 25.3. The van der Waals surface area contributed by atoms with Crippen LogP contribution in [0, 0.1) is 0 Å². The fraction of sp³-hybridized carbons (Fsp3) is 0.394. The number of nitrogens with one attached hydrogen (secondary N) is 1. The predicted molar refractivity (Wildman–Crippen MR) is 166 cm³/mol. The molecule has 7 nitrogen and oxygen atoms in total. The van der Waals surface area contributed by atoms with Gasteiger partial charge in [-0.15, -0.1) is 0 Å². The van der Waals surface area contributed by atoms with Crippen molar-refractivity contribution in [3.05, 3.63) is 102 Å². The van der Waals surface area contributed by atoms with Gasteiger partial charge in [-0.3, -0.25) is 13.9 Å². The molecule has 0 radical (unpaired) electrons. The summed E-state index contributed by atoms with van der Waals surface area (Å²) in [5, 5.41) is 3.03. The number of benzene rings is 3. The molecular weight excluding hydrogens is 534 g/mol. The van der Waals surface area contributed by atoms with E-state index in [1.54, 1.807) is 17.0 Å². The number of hydrogen-bond donors (Lipinski definition) is 1. The van der Waals surface area contributed by atoms with Gasteiger partial charge in [0, 0.05) is 32.5 Å². The fourth-order valence-corrected chi connectivity index (χ4v) is 5.71. The number of sulfonamides is 1. The van der Waals surface area contributed by atoms with E-state index in [2.05, 4.69) is 12.2 Å². The minimum atomic E-state index is -3.54. The number of amides is 2. The molecule has 3 aromatic carbocycles. The van der Waals surface area contributed by atoms with E-state index in [1.807, 2.05) is 79.7 Å². The highest BCUT2D eigenvalue weighted by Crippen LogP contribution is 2.21. The molecule has 0 aromatic heterocycles. The van der Waals surface area contributed by atoms with Gasteiger partial charge in [0.2, 0.25) is 21.8 Å². The Bertz CT molecular complexity index is 1330. The van der Waals surface area contributed by atoms with Crippen molar-refractivity contribution in [3.63, 3.8) is 0 Å². The molecule has 41 heavy (non-hydrogen) atoms. The van der Waals surface area contributed by atoms with E-state index in [9.17, 15) is 18.0 Å². The number of nitrogens with zero attached hydrogens (tertiary/aromatic N) is 2. The third-order valence-electron chi connectivity index (χ3n) is 7.08. The average molecular weight is 578 g/mol. The SMILES string of the molecule is CCCCNC(=O)C(Cc1ccccc1)N(Cc1ccccc1)C(=O)CCCN(c1ccc(CC)cc1)S(C)(=O)=O. The quantitative estimate of drug-likeness (QED) is 0.233. The van der Waals surface area contributed by atoms with Crippen LogP contribution in [0.3, 0.4) is 0 Å². The van der Waals surface area contributed by atoms with Crippen LogP contribution in [0.2, 0.25) is 0 Å². The Morgan fingerprint density at radius 2 is 1.41 bits per heavy atom. The highest BCUT2D eigenvalue weighted by molar-refractivity contribution is 7.92. The molecule has 0 saturated heterocycles. The van der Waals surface area contributed by atoms with Gasteiger partial charge in [-0.2, -0.15) is 0 Å². The molecule has 2 amide bonds. The normalized spacial score (nSPS) is 12.0. The maximum atomic E-state index is 13.8. The van der Waals surface area contributed by atoms with Crippen LogP contribution in [0.5, 0.6) is 0 Å². The Balaban J connectivity index is 1.83. The van der Waals surface area contributed by atoms with E-state index in [4.69, 9.17) is 0 Å². The highest BCUT2D eigenvalue weighted by Gasteiger charge is 2.30. The molecule has 0 aliphatic carbocycles. The monoisotopic (exact) mass is 577 g/mol. The molecule has 1 atom stereocenters. The predicted octanol–water partition coefficient (Wildman–Crippen LogP) is 5.35. The third-order valence-corrected chi connectivity index (χ3v) is 8.28. The maximum absolute atomic E-state index is 13.8. The Labute approximate surface area is 245 Å². The van der Waals surface area contributed by atoms with Gasteiger partial charge in [-0.1, -0.05) is 93.1 Å². The Hall–Kier alpha value is -3.65. The van der Waals surface area contributed by atoms with E-state index in [-0.39, 0.29) is 31.3 Å². The summed E-state index contributed by atoms with van der Waals surface area (Å²) in [5.41, 5.74) is 3.59. The van der Waals surface area contributed by atoms with E-state index in [1.165, 1.54) is 10.6 Å². The summed E-state index contributed by atoms with van der Waals surface area (Å²) in [6, 6.07) is 26.1. The molecule has 3 aromatic rings. The topological polar surface area (TPSA) is 86.8 Å². The molecule has 0 spiro atoms. The van der Waals surface area contributed by atoms with Crippen LogP contribution in [0.1, 0.15) is 56.2 Å². The van der Waals surface area contributed by atoms with Crippen molar-refractivity contribution in [2.45, 2.75) is 65.0 Å². The average Bonchev–Trinajstić information content (AvgIpc) is 2.97. The maximum Gasteiger partial charge on any atom is 0.243 e. The summed E-state index contributed by atoms with van der Waals surface area (Å²) in [7, 11) is -3.54. The molecule has 1 unspecified atom stereocenters. The van der Waals surface area contributed by atoms with E-state index < -0.39 is 16.1 Å². The van der Waals surface area contributed by atoms with E-state index >= 15 is 0 Å². The standard InChI is InChI=1S/C33H43N3O4S/c1-4-6-23-34-33(38)31(25-28-14-9-7-10-15-28)35(26-29-16-11-8-12-17-29)32(37)18-13-24-36(41(3,39)40)30-21-19-27(5-2)20-22-30/h7-12,14-17,19-22,31H,4-6,13,18,23-26H2,1-3H3,(H,34,38). The highest BCUT2D eigenvalue weighted by atomic mass is 32.2. The first-order chi connectivity index (χ1) is 19.7. The Morgan fingerprint density at radius 1 is 0.805 bits per heavy atom. The summed E-state index contributed by atoms with van der Waals surface area (Å²) in [6.45, 7) is 5.12. The second kappa shape index (κ2) is 16.0.